The van der Waals surface area contributed by atoms with Crippen LogP contribution in [0.5, 0.6) is 0 Å². The lowest BCUT2D eigenvalue weighted by Gasteiger charge is -2.46. The van der Waals surface area contributed by atoms with Gasteiger partial charge in [-0.1, -0.05) is 45.9 Å². The number of urea groups is 1. The smallest absolute Gasteiger partial charge is 0.324 e. The van der Waals surface area contributed by atoms with Crippen LogP contribution in [0.4, 0.5) is 4.79 Å². The van der Waals surface area contributed by atoms with Gasteiger partial charge in [0, 0.05) is 92.3 Å². The molecule has 0 radical (unpaired) electrons. The molecule has 5 amide bonds. The number of piperazine rings is 1. The van der Waals surface area contributed by atoms with E-state index in [0.717, 1.165) is 33.4 Å². The number of nitrogens with zero attached hydrogens (tertiary/aromatic N) is 7. The van der Waals surface area contributed by atoms with Gasteiger partial charge in [-0.2, -0.15) is 0 Å². The average molecular weight is 973 g/mol. The summed E-state index contributed by atoms with van der Waals surface area (Å²) in [6, 6.07) is 4.10. The van der Waals surface area contributed by atoms with Crippen LogP contribution in [0.25, 0.3) is 33.4 Å². The molecule has 366 valence electrons. The number of benzene rings is 1. The number of thiazole rings is 1. The van der Waals surface area contributed by atoms with Crippen molar-refractivity contribution in [3.8, 4) is 22.5 Å². The number of hydrazine groups is 1. The molecular formula is C50H66ClN9O7S. The number of carbonyl (C=O) groups is 5. The third-order valence-electron chi connectivity index (χ3n) is 13.5. The van der Waals surface area contributed by atoms with Crippen LogP contribution in [0.15, 0.2) is 48.5 Å². The molecule has 7 rings (SSSR count). The van der Waals surface area contributed by atoms with Crippen LogP contribution in [0.3, 0.4) is 0 Å². The molecule has 2 fully saturated rings. The number of rotatable bonds is 9. The third-order valence-corrected chi connectivity index (χ3v) is 14.7. The number of pyridine rings is 1. The summed E-state index contributed by atoms with van der Waals surface area (Å²) in [6.07, 6.45) is 4.27. The molecule has 0 aliphatic carbocycles. The summed E-state index contributed by atoms with van der Waals surface area (Å²) in [4.78, 5) is 84.7. The maximum absolute atomic E-state index is 14.7. The van der Waals surface area contributed by atoms with Crippen molar-refractivity contribution in [3.05, 3.63) is 69.8 Å². The molecule has 0 saturated carbocycles. The third kappa shape index (κ3) is 10.2. The number of halogens is 1. The van der Waals surface area contributed by atoms with Gasteiger partial charge < -0.3 is 34.1 Å². The van der Waals surface area contributed by atoms with E-state index >= 15 is 0 Å². The van der Waals surface area contributed by atoms with Crippen LogP contribution in [-0.2, 0) is 48.0 Å². The fourth-order valence-electron chi connectivity index (χ4n) is 10.1. The second-order valence-electron chi connectivity index (χ2n) is 19.5. The highest BCUT2D eigenvalue weighted by Gasteiger charge is 2.42. The summed E-state index contributed by atoms with van der Waals surface area (Å²) >= 11 is 8.57. The first-order valence-electron chi connectivity index (χ1n) is 23.6. The molecule has 68 heavy (non-hydrogen) atoms. The van der Waals surface area contributed by atoms with Gasteiger partial charge in [-0.05, 0) is 88.8 Å². The van der Waals surface area contributed by atoms with Gasteiger partial charge in [0.15, 0.2) is 0 Å². The zero-order valence-electron chi connectivity index (χ0n) is 40.9. The molecule has 6 bridgehead atoms. The number of likely N-dealkylation sites (N-methyl/N-ethyl adjacent to an activating group) is 1. The van der Waals surface area contributed by atoms with Gasteiger partial charge >= 0.3 is 12.0 Å². The van der Waals surface area contributed by atoms with Crippen molar-refractivity contribution < 1.29 is 33.4 Å². The summed E-state index contributed by atoms with van der Waals surface area (Å²) < 4.78 is 14.2. The zero-order valence-corrected chi connectivity index (χ0v) is 42.5. The van der Waals surface area contributed by atoms with Crippen LogP contribution in [0.2, 0.25) is 5.02 Å². The minimum absolute atomic E-state index is 0.0233. The lowest BCUT2D eigenvalue weighted by molar-refractivity contribution is -0.155. The van der Waals surface area contributed by atoms with Gasteiger partial charge in [0.05, 0.1) is 45.3 Å². The molecule has 3 aromatic heterocycles. The zero-order chi connectivity index (χ0) is 49.4. The summed E-state index contributed by atoms with van der Waals surface area (Å²) in [5.41, 5.74) is 8.60. The van der Waals surface area contributed by atoms with E-state index in [0.29, 0.717) is 66.7 Å². The minimum Gasteiger partial charge on any atom is -0.464 e. The Morgan fingerprint density at radius 3 is 2.53 bits per heavy atom. The number of methoxy groups -OCH3 is 1. The molecule has 2 saturated heterocycles. The summed E-state index contributed by atoms with van der Waals surface area (Å²) in [5.74, 6) is -2.00. The molecular weight excluding hydrogens is 906 g/mol. The number of ether oxygens (including phenoxy) is 2. The van der Waals surface area contributed by atoms with E-state index in [4.69, 9.17) is 31.0 Å². The van der Waals surface area contributed by atoms with E-state index in [1.165, 1.54) is 27.3 Å². The van der Waals surface area contributed by atoms with Crippen molar-refractivity contribution in [2.24, 2.45) is 11.3 Å². The number of fused-ring (bicyclic) bond motifs is 6. The van der Waals surface area contributed by atoms with Gasteiger partial charge in [-0.3, -0.25) is 29.2 Å². The van der Waals surface area contributed by atoms with Crippen molar-refractivity contribution in [1.29, 1.82) is 0 Å². The number of hydrogen-bond donors (Lipinski definition) is 2. The summed E-state index contributed by atoms with van der Waals surface area (Å²) in [7, 11) is 3.26. The number of aromatic nitrogens is 3. The maximum atomic E-state index is 14.7. The highest BCUT2D eigenvalue weighted by molar-refractivity contribution is 7.10. The highest BCUT2D eigenvalue weighted by Crippen LogP contribution is 2.44. The molecule has 3 aliphatic heterocycles. The maximum Gasteiger partial charge on any atom is 0.324 e. The van der Waals surface area contributed by atoms with Crippen LogP contribution < -0.4 is 10.7 Å². The predicted octanol–water partition coefficient (Wildman–Crippen LogP) is 7.04. The van der Waals surface area contributed by atoms with E-state index < -0.39 is 41.3 Å². The number of cyclic esters (lactones) is 1. The molecule has 2 N–H and O–H groups in total. The lowest BCUT2D eigenvalue weighted by Crippen LogP contribution is -2.65. The van der Waals surface area contributed by atoms with E-state index in [1.807, 2.05) is 52.1 Å². The number of aryl methyl sites for hydroxylation is 1. The first-order valence-corrected chi connectivity index (χ1v) is 24.8. The fraction of sp³-hybridized carbons (Fsp3) is 0.540. The van der Waals surface area contributed by atoms with Crippen molar-refractivity contribution in [3.63, 3.8) is 0 Å². The molecule has 18 heteroatoms. The molecule has 6 atom stereocenters. The summed E-state index contributed by atoms with van der Waals surface area (Å²) in [5, 5.41) is 8.38. The monoisotopic (exact) mass is 971 g/mol. The van der Waals surface area contributed by atoms with E-state index in [-0.39, 0.29) is 49.1 Å². The molecule has 16 nitrogen and oxygen atoms in total. The Kier molecular flexibility index (Phi) is 15.4. The number of carbonyl (C=O) groups excluding carboxylic acids is 5. The van der Waals surface area contributed by atoms with Gasteiger partial charge in [0.1, 0.15) is 18.1 Å². The molecule has 1 aromatic carbocycles. The number of esters is 1. The molecule has 3 aliphatic rings. The average Bonchev–Trinajstić information content (AvgIpc) is 3.89. The van der Waals surface area contributed by atoms with E-state index in [9.17, 15) is 24.0 Å². The SMILES string of the molecule is C=CC(=O)N1C[C@@H](C)N(C(=O)N(C)[C@H](C(=O)N[C@H]2Cc3nc(cs3)-c3cc4c(c(-c5cccnc5[C@H](C)OC)n(CC)c4cc3Cl)CC(C)(C)COC(=O)[C@@H]3CCCN(N3)C2=O)C(C)C)[C@H](C)C1. The Morgan fingerprint density at radius 2 is 1.87 bits per heavy atom. The Hall–Kier alpha value is -5.36. The van der Waals surface area contributed by atoms with Crippen LogP contribution >= 0.6 is 22.9 Å². The van der Waals surface area contributed by atoms with Gasteiger partial charge in [-0.25, -0.2) is 15.2 Å². The Balaban J connectivity index is 1.28. The van der Waals surface area contributed by atoms with Crippen molar-refractivity contribution in [1.82, 2.24) is 45.0 Å². The largest absolute Gasteiger partial charge is 0.464 e. The van der Waals surface area contributed by atoms with E-state index in [1.54, 1.807) is 30.2 Å². The summed E-state index contributed by atoms with van der Waals surface area (Å²) in [6.45, 7) is 20.9. The molecule has 0 spiro atoms. The van der Waals surface area contributed by atoms with Gasteiger partial charge in [-0.15, -0.1) is 11.3 Å². The second-order valence-corrected chi connectivity index (χ2v) is 20.9. The topological polar surface area (TPSA) is 172 Å². The van der Waals surface area contributed by atoms with Crippen molar-refractivity contribution in [2.75, 3.05) is 40.4 Å². The second kappa shape index (κ2) is 20.7. The van der Waals surface area contributed by atoms with Crippen LogP contribution in [0, 0.1) is 11.3 Å². The van der Waals surface area contributed by atoms with E-state index in [2.05, 4.69) is 54.8 Å². The highest BCUT2D eigenvalue weighted by atomic mass is 35.5. The number of amides is 5. The first-order chi connectivity index (χ1) is 32.3. The Bertz CT molecular complexity index is 2560. The lowest BCUT2D eigenvalue weighted by atomic mass is 9.84. The molecule has 6 heterocycles. The van der Waals surface area contributed by atoms with Crippen LogP contribution in [-0.4, -0.2) is 135 Å². The van der Waals surface area contributed by atoms with Crippen LogP contribution in [0.1, 0.15) is 90.6 Å². The van der Waals surface area contributed by atoms with Gasteiger partial charge in [0.25, 0.3) is 5.91 Å². The normalized spacial score (nSPS) is 22.1. The number of hydrogen-bond acceptors (Lipinski definition) is 11. The number of nitrogens with one attached hydrogen (secondary N) is 2. The van der Waals surface area contributed by atoms with Gasteiger partial charge in [0.2, 0.25) is 11.8 Å². The molecule has 4 aromatic rings. The standard InChI is InChI=1S/C50H66ClN9O7S/c1-12-42(61)57-24-29(5)60(30(6)25-57)49(65)56(10)44(28(3)4)46(62)54-38-22-41-53-39(26-68-41)34-20-33-35(23-50(8,9)27-67-48(64)37-17-15-19-59(55-37)47(38)63)45(58(13-2)40(33)21-36(34)51)32-16-14-18-52-43(32)31(7)66-11/h12,14,16,18,20-21,26,28-31,37-38,44,55H,1,13,15,17,19,22-25,27H2,2-11H3,(H,54,62)/t29-,30-,31+,37+,38+,44+/m1/s1. The minimum atomic E-state index is -1.13. The van der Waals surface area contributed by atoms with Crippen molar-refractivity contribution >= 4 is 63.6 Å². The molecule has 0 unspecified atom stereocenters. The fourth-order valence-corrected chi connectivity index (χ4v) is 11.2. The Labute approximate surface area is 408 Å². The Morgan fingerprint density at radius 1 is 1.15 bits per heavy atom. The quantitative estimate of drug-likeness (QED) is 0.131. The van der Waals surface area contributed by atoms with Crippen molar-refractivity contribution in [2.45, 2.75) is 124 Å². The predicted molar refractivity (Wildman–Crippen MR) is 264 cm³/mol. The first kappa shape index (κ1) is 50.5.